The molecular weight excluding hydrogens is 286 g/mol. The summed E-state index contributed by atoms with van der Waals surface area (Å²) >= 11 is 6.09. The quantitative estimate of drug-likeness (QED) is 0.729. The van der Waals surface area contributed by atoms with Crippen LogP contribution in [-0.4, -0.2) is 22.1 Å². The molecule has 0 saturated heterocycles. The second-order valence-electron chi connectivity index (χ2n) is 4.65. The number of nitrogens with one attached hydrogen (secondary N) is 1. The predicted octanol–water partition coefficient (Wildman–Crippen LogP) is 3.16. The number of hydrogen-bond acceptors (Lipinski definition) is 4. The summed E-state index contributed by atoms with van der Waals surface area (Å²) in [5.74, 6) is 0.339. The van der Waals surface area contributed by atoms with Crippen LogP contribution in [0.3, 0.4) is 0 Å². The highest BCUT2D eigenvalue weighted by Crippen LogP contribution is 2.29. The Morgan fingerprint density at radius 3 is 2.57 bits per heavy atom. The maximum Gasteiger partial charge on any atom is 0.173 e. The van der Waals surface area contributed by atoms with Crippen LogP contribution >= 0.6 is 11.6 Å². The minimum atomic E-state index is -0.910. The summed E-state index contributed by atoms with van der Waals surface area (Å²) in [5, 5.41) is 14.2. The number of nitrogens with zero attached hydrogens (tertiary/aromatic N) is 2. The smallest absolute Gasteiger partial charge is 0.173 e. The first-order valence-electron chi connectivity index (χ1n) is 6.57. The van der Waals surface area contributed by atoms with Gasteiger partial charge in [0.1, 0.15) is 0 Å². The molecule has 0 bridgehead atoms. The van der Waals surface area contributed by atoms with Gasteiger partial charge in [-0.25, -0.2) is 9.97 Å². The molecule has 0 radical (unpaired) electrons. The Labute approximate surface area is 127 Å². The fraction of sp³-hybridized carbons (Fsp3) is 0.125. The van der Waals surface area contributed by atoms with Crippen LogP contribution in [0.4, 0.5) is 0 Å². The van der Waals surface area contributed by atoms with E-state index in [1.165, 1.54) is 0 Å². The van der Waals surface area contributed by atoms with Crippen LogP contribution in [0, 0.1) is 0 Å². The number of rotatable bonds is 3. The summed E-state index contributed by atoms with van der Waals surface area (Å²) < 4.78 is 0. The molecule has 1 unspecified atom stereocenters. The van der Waals surface area contributed by atoms with E-state index in [1.54, 1.807) is 13.1 Å². The van der Waals surface area contributed by atoms with Gasteiger partial charge >= 0.3 is 0 Å². The molecule has 5 heteroatoms. The summed E-state index contributed by atoms with van der Waals surface area (Å²) in [6.45, 7) is 0. The SMILES string of the molecule is CNC(O)c1nc(-c2ccccc2)c2cc(Cl)ccc2n1. The first-order chi connectivity index (χ1) is 10.2. The topological polar surface area (TPSA) is 58.0 Å². The van der Waals surface area contributed by atoms with Crippen molar-refractivity contribution in [1.29, 1.82) is 0 Å². The van der Waals surface area contributed by atoms with E-state index in [-0.39, 0.29) is 0 Å². The zero-order valence-corrected chi connectivity index (χ0v) is 12.2. The minimum Gasteiger partial charge on any atom is -0.371 e. The lowest BCUT2D eigenvalue weighted by molar-refractivity contribution is 0.140. The van der Waals surface area contributed by atoms with Gasteiger partial charge in [-0.15, -0.1) is 0 Å². The summed E-state index contributed by atoms with van der Waals surface area (Å²) in [7, 11) is 1.66. The molecule has 1 heterocycles. The van der Waals surface area contributed by atoms with Gasteiger partial charge in [-0.3, -0.25) is 5.32 Å². The lowest BCUT2D eigenvalue weighted by Gasteiger charge is -2.12. The van der Waals surface area contributed by atoms with E-state index in [2.05, 4.69) is 15.3 Å². The molecule has 0 fully saturated rings. The molecule has 1 aromatic heterocycles. The Balaban J connectivity index is 2.31. The van der Waals surface area contributed by atoms with Crippen LogP contribution in [-0.2, 0) is 0 Å². The van der Waals surface area contributed by atoms with Gasteiger partial charge in [0.05, 0.1) is 11.2 Å². The monoisotopic (exact) mass is 299 g/mol. The van der Waals surface area contributed by atoms with Crippen molar-refractivity contribution in [3.63, 3.8) is 0 Å². The predicted molar refractivity (Wildman–Crippen MR) is 84.0 cm³/mol. The van der Waals surface area contributed by atoms with Crippen LogP contribution in [0.5, 0.6) is 0 Å². The Bertz CT molecular complexity index is 777. The number of benzene rings is 2. The molecule has 3 aromatic rings. The average molecular weight is 300 g/mol. The van der Waals surface area contributed by atoms with Crippen molar-refractivity contribution in [3.8, 4) is 11.3 Å². The van der Waals surface area contributed by atoms with E-state index in [0.717, 1.165) is 22.2 Å². The second kappa shape index (κ2) is 5.77. The molecule has 2 aromatic carbocycles. The zero-order chi connectivity index (χ0) is 14.8. The molecule has 0 aliphatic rings. The third-order valence-corrected chi connectivity index (χ3v) is 3.48. The number of fused-ring (bicyclic) bond motifs is 1. The highest BCUT2D eigenvalue weighted by atomic mass is 35.5. The third kappa shape index (κ3) is 2.74. The summed E-state index contributed by atoms with van der Waals surface area (Å²) in [4.78, 5) is 8.89. The fourth-order valence-corrected chi connectivity index (χ4v) is 2.36. The fourth-order valence-electron chi connectivity index (χ4n) is 2.19. The van der Waals surface area contributed by atoms with Crippen LogP contribution < -0.4 is 5.32 Å². The molecule has 0 saturated carbocycles. The Morgan fingerprint density at radius 2 is 1.86 bits per heavy atom. The van der Waals surface area contributed by atoms with Crippen LogP contribution in [0.1, 0.15) is 12.1 Å². The molecule has 0 aliphatic heterocycles. The maximum atomic E-state index is 9.95. The second-order valence-corrected chi connectivity index (χ2v) is 5.09. The first-order valence-corrected chi connectivity index (χ1v) is 6.95. The van der Waals surface area contributed by atoms with E-state index < -0.39 is 6.23 Å². The van der Waals surface area contributed by atoms with E-state index in [4.69, 9.17) is 11.6 Å². The molecule has 3 rings (SSSR count). The maximum absolute atomic E-state index is 9.95. The van der Waals surface area contributed by atoms with Gasteiger partial charge in [0, 0.05) is 16.0 Å². The normalized spacial score (nSPS) is 12.5. The summed E-state index contributed by atoms with van der Waals surface area (Å²) in [6, 6.07) is 15.2. The Morgan fingerprint density at radius 1 is 1.10 bits per heavy atom. The summed E-state index contributed by atoms with van der Waals surface area (Å²) in [6.07, 6.45) is -0.910. The van der Waals surface area contributed by atoms with Gasteiger partial charge in [-0.2, -0.15) is 0 Å². The number of aromatic nitrogens is 2. The van der Waals surface area contributed by atoms with Crippen LogP contribution in [0.2, 0.25) is 5.02 Å². The van der Waals surface area contributed by atoms with Gasteiger partial charge in [0.2, 0.25) is 0 Å². The molecule has 0 aliphatic carbocycles. The highest BCUT2D eigenvalue weighted by Gasteiger charge is 2.14. The third-order valence-electron chi connectivity index (χ3n) is 3.24. The van der Waals surface area contributed by atoms with Gasteiger partial charge < -0.3 is 5.11 Å². The lowest BCUT2D eigenvalue weighted by atomic mass is 10.1. The highest BCUT2D eigenvalue weighted by molar-refractivity contribution is 6.31. The molecule has 0 spiro atoms. The van der Waals surface area contributed by atoms with Gasteiger partial charge in [0.15, 0.2) is 12.1 Å². The van der Waals surface area contributed by atoms with Gasteiger partial charge in [-0.05, 0) is 25.2 Å². The number of halogens is 1. The first kappa shape index (κ1) is 13.9. The summed E-state index contributed by atoms with van der Waals surface area (Å²) in [5.41, 5.74) is 2.46. The van der Waals surface area contributed by atoms with Crippen molar-refractivity contribution in [1.82, 2.24) is 15.3 Å². The standard InChI is InChI=1S/C16H14ClN3O/c1-18-16(21)15-19-13-8-7-11(17)9-12(13)14(20-15)10-5-3-2-4-6-10/h2-9,16,18,21H,1H3. The number of hydrogen-bond donors (Lipinski definition) is 2. The molecule has 1 atom stereocenters. The minimum absolute atomic E-state index is 0.339. The lowest BCUT2D eigenvalue weighted by Crippen LogP contribution is -2.18. The van der Waals surface area contributed by atoms with Gasteiger partial charge in [-0.1, -0.05) is 41.9 Å². The van der Waals surface area contributed by atoms with Gasteiger partial charge in [0.25, 0.3) is 0 Å². The van der Waals surface area contributed by atoms with Crippen molar-refractivity contribution in [2.75, 3.05) is 7.05 Å². The molecule has 2 N–H and O–H groups in total. The molecule has 21 heavy (non-hydrogen) atoms. The van der Waals surface area contributed by atoms with Crippen LogP contribution in [0.25, 0.3) is 22.2 Å². The largest absolute Gasteiger partial charge is 0.371 e. The average Bonchev–Trinajstić information content (AvgIpc) is 2.54. The van der Waals surface area contributed by atoms with Crippen molar-refractivity contribution >= 4 is 22.5 Å². The van der Waals surface area contributed by atoms with Crippen LogP contribution in [0.15, 0.2) is 48.5 Å². The Hall–Kier alpha value is -2.01. The molecular formula is C16H14ClN3O. The Kier molecular flexibility index (Phi) is 3.84. The van der Waals surface area contributed by atoms with E-state index >= 15 is 0 Å². The van der Waals surface area contributed by atoms with Crippen molar-refractivity contribution in [2.24, 2.45) is 0 Å². The molecule has 0 amide bonds. The number of aliphatic hydroxyl groups is 1. The van der Waals surface area contributed by atoms with E-state index in [9.17, 15) is 5.11 Å². The molecule has 4 nitrogen and oxygen atoms in total. The van der Waals surface area contributed by atoms with Crippen molar-refractivity contribution < 1.29 is 5.11 Å². The molecule has 106 valence electrons. The van der Waals surface area contributed by atoms with Crippen molar-refractivity contribution in [2.45, 2.75) is 6.23 Å². The van der Waals surface area contributed by atoms with Crippen molar-refractivity contribution in [3.05, 3.63) is 59.4 Å². The number of aliphatic hydroxyl groups excluding tert-OH is 1. The zero-order valence-electron chi connectivity index (χ0n) is 11.4. The van der Waals surface area contributed by atoms with E-state index in [1.807, 2.05) is 42.5 Å². The van der Waals surface area contributed by atoms with E-state index in [0.29, 0.717) is 10.8 Å².